The van der Waals surface area contributed by atoms with E-state index in [9.17, 15) is 0 Å². The lowest BCUT2D eigenvalue weighted by atomic mass is 10.1. The first-order valence-electron chi connectivity index (χ1n) is 6.35. The molecule has 0 fully saturated rings. The summed E-state index contributed by atoms with van der Waals surface area (Å²) in [5.74, 6) is 0. The summed E-state index contributed by atoms with van der Waals surface area (Å²) in [4.78, 5) is 0. The fourth-order valence-corrected chi connectivity index (χ4v) is 2.86. The van der Waals surface area contributed by atoms with Crippen LogP contribution in [0.25, 0.3) is 16.8 Å². The van der Waals surface area contributed by atoms with E-state index in [0.717, 1.165) is 8.95 Å². The summed E-state index contributed by atoms with van der Waals surface area (Å²) in [5.41, 5.74) is 4.92. The molecular weight excluding hydrogens is 378 g/mol. The van der Waals surface area contributed by atoms with E-state index >= 15 is 0 Å². The van der Waals surface area contributed by atoms with E-state index < -0.39 is 0 Å². The molecule has 0 saturated heterocycles. The summed E-state index contributed by atoms with van der Waals surface area (Å²) in [6, 6.07) is 18.9. The van der Waals surface area contributed by atoms with Crippen molar-refractivity contribution in [3.05, 3.63) is 75.4 Å². The van der Waals surface area contributed by atoms with E-state index in [2.05, 4.69) is 104 Å². The molecule has 0 amide bonds. The summed E-state index contributed by atoms with van der Waals surface area (Å²) in [6.45, 7) is 2.15. The number of hydrogen-bond acceptors (Lipinski definition) is 0. The Bertz CT molecular complexity index is 662. The van der Waals surface area contributed by atoms with Gasteiger partial charge in [0.2, 0.25) is 0 Å². The minimum absolute atomic E-state index is 1.10. The van der Waals surface area contributed by atoms with Crippen molar-refractivity contribution in [1.29, 1.82) is 0 Å². The number of hydrogen-bond donors (Lipinski definition) is 0. The average molecular weight is 391 g/mol. The minimum Gasteiger partial charge on any atom is -0.321 e. The Kier molecular flexibility index (Phi) is 3.81. The van der Waals surface area contributed by atoms with E-state index in [1.807, 2.05) is 0 Å². The Balaban J connectivity index is 2.04. The molecule has 3 aromatic rings. The van der Waals surface area contributed by atoms with Crippen molar-refractivity contribution in [3.63, 3.8) is 0 Å². The zero-order chi connectivity index (χ0) is 14.1. The molecule has 0 unspecified atom stereocenters. The van der Waals surface area contributed by atoms with E-state index in [1.165, 1.54) is 22.5 Å². The molecule has 100 valence electrons. The van der Waals surface area contributed by atoms with Crippen molar-refractivity contribution in [2.45, 2.75) is 6.92 Å². The smallest absolute Gasteiger partial charge is 0.0453 e. The third kappa shape index (κ3) is 2.60. The van der Waals surface area contributed by atoms with E-state index in [1.54, 1.807) is 0 Å². The third-order valence-electron chi connectivity index (χ3n) is 3.40. The second kappa shape index (κ2) is 5.58. The van der Waals surface area contributed by atoms with Gasteiger partial charge in [-0.3, -0.25) is 0 Å². The highest BCUT2D eigenvalue weighted by Crippen LogP contribution is 2.28. The van der Waals surface area contributed by atoms with Crippen LogP contribution in [0.1, 0.15) is 5.69 Å². The van der Waals surface area contributed by atoms with Crippen LogP contribution in [-0.4, -0.2) is 4.57 Å². The van der Waals surface area contributed by atoms with Gasteiger partial charge < -0.3 is 4.57 Å². The molecule has 1 nitrogen and oxygen atoms in total. The average Bonchev–Trinajstić information content (AvgIpc) is 2.83. The summed E-state index contributed by atoms with van der Waals surface area (Å²) in [5, 5.41) is 0. The van der Waals surface area contributed by atoms with Crippen molar-refractivity contribution < 1.29 is 0 Å². The fraction of sp³-hybridized carbons (Fsp3) is 0.0588. The predicted molar refractivity (Wildman–Crippen MR) is 91.3 cm³/mol. The molecular formula is C17H13Br2N. The van der Waals surface area contributed by atoms with Gasteiger partial charge in [0.25, 0.3) is 0 Å². The van der Waals surface area contributed by atoms with Crippen LogP contribution < -0.4 is 0 Å². The molecule has 1 aromatic heterocycles. The Hall–Kier alpha value is -1.32. The maximum absolute atomic E-state index is 3.48. The Labute approximate surface area is 135 Å². The molecule has 0 N–H and O–H groups in total. The van der Waals surface area contributed by atoms with Gasteiger partial charge in [-0.05, 0) is 55.0 Å². The quantitative estimate of drug-likeness (QED) is 0.507. The van der Waals surface area contributed by atoms with Crippen LogP contribution in [0, 0.1) is 6.92 Å². The monoisotopic (exact) mass is 389 g/mol. The normalized spacial score (nSPS) is 10.8. The van der Waals surface area contributed by atoms with Crippen LogP contribution in [-0.2, 0) is 0 Å². The first kappa shape index (κ1) is 13.7. The third-order valence-corrected chi connectivity index (χ3v) is 4.46. The highest BCUT2D eigenvalue weighted by atomic mass is 79.9. The van der Waals surface area contributed by atoms with Gasteiger partial charge in [0.1, 0.15) is 0 Å². The molecule has 2 aromatic carbocycles. The molecule has 1 heterocycles. The molecule has 20 heavy (non-hydrogen) atoms. The van der Waals surface area contributed by atoms with Gasteiger partial charge in [-0.25, -0.2) is 0 Å². The Morgan fingerprint density at radius 3 is 1.90 bits per heavy atom. The number of rotatable bonds is 2. The van der Waals surface area contributed by atoms with Crippen LogP contribution in [0.3, 0.4) is 0 Å². The minimum atomic E-state index is 1.10. The second-order valence-electron chi connectivity index (χ2n) is 4.67. The zero-order valence-corrected chi connectivity index (χ0v) is 14.1. The van der Waals surface area contributed by atoms with Gasteiger partial charge in [0.15, 0.2) is 0 Å². The lowest BCUT2D eigenvalue weighted by Gasteiger charge is -2.08. The Morgan fingerprint density at radius 1 is 0.750 bits per heavy atom. The Morgan fingerprint density at radius 2 is 1.30 bits per heavy atom. The molecule has 0 bridgehead atoms. The van der Waals surface area contributed by atoms with Crippen LogP contribution in [0.15, 0.2) is 69.7 Å². The molecule has 0 saturated carbocycles. The van der Waals surface area contributed by atoms with E-state index in [0.29, 0.717) is 0 Å². The van der Waals surface area contributed by atoms with E-state index in [-0.39, 0.29) is 0 Å². The molecule has 0 aliphatic carbocycles. The molecule has 3 heteroatoms. The molecule has 0 spiro atoms. The highest BCUT2D eigenvalue weighted by molar-refractivity contribution is 9.10. The SMILES string of the molecule is Cc1c(-c2ccc(Br)cc2)ccn1-c1ccc(Br)cc1. The first-order valence-corrected chi connectivity index (χ1v) is 7.93. The topological polar surface area (TPSA) is 4.93 Å². The van der Waals surface area contributed by atoms with Gasteiger partial charge in [-0.15, -0.1) is 0 Å². The molecule has 0 radical (unpaired) electrons. The van der Waals surface area contributed by atoms with Gasteiger partial charge in [-0.1, -0.05) is 44.0 Å². The molecule has 0 aliphatic heterocycles. The highest BCUT2D eigenvalue weighted by Gasteiger charge is 2.08. The lowest BCUT2D eigenvalue weighted by molar-refractivity contribution is 1.02. The lowest BCUT2D eigenvalue weighted by Crippen LogP contribution is -1.94. The van der Waals surface area contributed by atoms with Gasteiger partial charge in [-0.2, -0.15) is 0 Å². The van der Waals surface area contributed by atoms with Crippen molar-refractivity contribution in [3.8, 4) is 16.8 Å². The predicted octanol–water partition coefficient (Wildman–Crippen LogP) is 5.98. The van der Waals surface area contributed by atoms with Crippen LogP contribution in [0.4, 0.5) is 0 Å². The van der Waals surface area contributed by atoms with Crippen molar-refractivity contribution in [2.24, 2.45) is 0 Å². The number of nitrogens with zero attached hydrogens (tertiary/aromatic N) is 1. The summed E-state index contributed by atoms with van der Waals surface area (Å²) in [7, 11) is 0. The van der Waals surface area contributed by atoms with Gasteiger partial charge in [0.05, 0.1) is 0 Å². The molecule has 0 aliphatic rings. The van der Waals surface area contributed by atoms with Crippen LogP contribution >= 0.6 is 31.9 Å². The standard InChI is InChI=1S/C17H13Br2N/c1-12-17(13-2-4-14(18)5-3-13)10-11-20(12)16-8-6-15(19)7-9-16/h2-11H,1H3. The zero-order valence-electron chi connectivity index (χ0n) is 11.0. The van der Waals surface area contributed by atoms with Crippen molar-refractivity contribution in [1.82, 2.24) is 4.57 Å². The molecule has 3 rings (SSSR count). The maximum atomic E-state index is 3.48. The summed E-state index contributed by atoms with van der Waals surface area (Å²) in [6.07, 6.45) is 2.12. The largest absolute Gasteiger partial charge is 0.321 e. The van der Waals surface area contributed by atoms with Crippen LogP contribution in [0.2, 0.25) is 0 Å². The van der Waals surface area contributed by atoms with Gasteiger partial charge in [0, 0.05) is 32.1 Å². The van der Waals surface area contributed by atoms with Crippen molar-refractivity contribution >= 4 is 31.9 Å². The van der Waals surface area contributed by atoms with Gasteiger partial charge >= 0.3 is 0 Å². The number of halogens is 2. The fourth-order valence-electron chi connectivity index (χ4n) is 2.33. The summed E-state index contributed by atoms with van der Waals surface area (Å²) < 4.78 is 4.41. The number of benzene rings is 2. The van der Waals surface area contributed by atoms with E-state index in [4.69, 9.17) is 0 Å². The van der Waals surface area contributed by atoms with Crippen molar-refractivity contribution in [2.75, 3.05) is 0 Å². The summed E-state index contributed by atoms with van der Waals surface area (Å²) >= 11 is 6.95. The first-order chi connectivity index (χ1) is 9.65. The number of aromatic nitrogens is 1. The van der Waals surface area contributed by atoms with Crippen LogP contribution in [0.5, 0.6) is 0 Å². The maximum Gasteiger partial charge on any atom is 0.0453 e. The second-order valence-corrected chi connectivity index (χ2v) is 6.50. The molecule has 0 atom stereocenters.